The van der Waals surface area contributed by atoms with Gasteiger partial charge in [-0.2, -0.15) is 0 Å². The van der Waals surface area contributed by atoms with Crippen LogP contribution in [0.5, 0.6) is 0 Å². The van der Waals surface area contributed by atoms with Gasteiger partial charge in [-0.25, -0.2) is 4.79 Å². The van der Waals surface area contributed by atoms with Crippen LogP contribution in [0.4, 0.5) is 4.79 Å². The van der Waals surface area contributed by atoms with Gasteiger partial charge in [-0.1, -0.05) is 0 Å². The standard InChI is InChI=1S/C10H20N2O2/c1-9(2,3)11-10(4)5-6-12(7-10)8(13)14/h11H,5-7H2,1-4H3,(H,13,14)/t10-/m0/s1. The van der Waals surface area contributed by atoms with Gasteiger partial charge in [0, 0.05) is 24.2 Å². The summed E-state index contributed by atoms with van der Waals surface area (Å²) >= 11 is 0. The molecule has 1 aliphatic heterocycles. The highest BCUT2D eigenvalue weighted by Crippen LogP contribution is 2.23. The van der Waals surface area contributed by atoms with Crippen LogP contribution in [0.1, 0.15) is 34.1 Å². The summed E-state index contributed by atoms with van der Waals surface area (Å²) in [4.78, 5) is 12.2. The maximum atomic E-state index is 10.8. The van der Waals surface area contributed by atoms with Crippen molar-refractivity contribution < 1.29 is 9.90 Å². The van der Waals surface area contributed by atoms with Gasteiger partial charge in [0.15, 0.2) is 0 Å². The molecule has 2 N–H and O–H groups in total. The van der Waals surface area contributed by atoms with Crippen LogP contribution in [0, 0.1) is 0 Å². The highest BCUT2D eigenvalue weighted by molar-refractivity contribution is 5.65. The molecule has 1 amide bonds. The molecule has 14 heavy (non-hydrogen) atoms. The molecule has 0 spiro atoms. The Balaban J connectivity index is 2.58. The van der Waals surface area contributed by atoms with Gasteiger partial charge in [-0.05, 0) is 34.1 Å². The molecule has 4 nitrogen and oxygen atoms in total. The molecule has 0 radical (unpaired) electrons. The van der Waals surface area contributed by atoms with Crippen LogP contribution in [0.2, 0.25) is 0 Å². The Hall–Kier alpha value is -0.770. The van der Waals surface area contributed by atoms with Crippen LogP contribution >= 0.6 is 0 Å². The second-order valence-corrected chi connectivity index (χ2v) is 5.39. The van der Waals surface area contributed by atoms with Crippen molar-refractivity contribution in [2.24, 2.45) is 0 Å². The van der Waals surface area contributed by atoms with Crippen molar-refractivity contribution in [2.45, 2.75) is 45.2 Å². The number of carboxylic acid groups (broad SMARTS) is 1. The van der Waals surface area contributed by atoms with E-state index in [0.29, 0.717) is 13.1 Å². The quantitative estimate of drug-likeness (QED) is 0.674. The zero-order valence-electron chi connectivity index (χ0n) is 9.42. The highest BCUT2D eigenvalue weighted by atomic mass is 16.4. The molecule has 1 heterocycles. The summed E-state index contributed by atoms with van der Waals surface area (Å²) in [5.41, 5.74) is -0.0418. The van der Waals surface area contributed by atoms with E-state index in [1.165, 1.54) is 4.90 Å². The molecule has 0 aromatic heterocycles. The number of hydrogen-bond acceptors (Lipinski definition) is 2. The summed E-state index contributed by atoms with van der Waals surface area (Å²) in [5.74, 6) is 0. The van der Waals surface area contributed by atoms with Crippen molar-refractivity contribution in [3.05, 3.63) is 0 Å². The molecular formula is C10H20N2O2. The lowest BCUT2D eigenvalue weighted by molar-refractivity contribution is 0.150. The Morgan fingerprint density at radius 1 is 1.50 bits per heavy atom. The molecular weight excluding hydrogens is 180 g/mol. The smallest absolute Gasteiger partial charge is 0.407 e. The Bertz CT molecular complexity index is 235. The third kappa shape index (κ3) is 2.87. The van der Waals surface area contributed by atoms with E-state index in [4.69, 9.17) is 5.11 Å². The molecule has 1 saturated heterocycles. The molecule has 0 aliphatic carbocycles. The Kier molecular flexibility index (Phi) is 2.76. The van der Waals surface area contributed by atoms with Crippen molar-refractivity contribution in [1.29, 1.82) is 0 Å². The number of nitrogens with one attached hydrogen (secondary N) is 1. The van der Waals surface area contributed by atoms with Gasteiger partial charge in [-0.15, -0.1) is 0 Å². The lowest BCUT2D eigenvalue weighted by Crippen LogP contribution is -2.53. The predicted octanol–water partition coefficient (Wildman–Crippen LogP) is 1.52. The van der Waals surface area contributed by atoms with Crippen LogP contribution in [-0.4, -0.2) is 40.3 Å². The van der Waals surface area contributed by atoms with Crippen molar-refractivity contribution in [1.82, 2.24) is 10.2 Å². The predicted molar refractivity (Wildman–Crippen MR) is 55.5 cm³/mol. The van der Waals surface area contributed by atoms with E-state index < -0.39 is 6.09 Å². The average molecular weight is 200 g/mol. The number of nitrogens with zero attached hydrogens (tertiary/aromatic N) is 1. The summed E-state index contributed by atoms with van der Waals surface area (Å²) in [6.07, 6.45) is 0.0701. The fourth-order valence-corrected chi connectivity index (χ4v) is 2.13. The minimum atomic E-state index is -0.815. The van der Waals surface area contributed by atoms with E-state index in [0.717, 1.165) is 6.42 Å². The number of amides is 1. The van der Waals surface area contributed by atoms with E-state index in [2.05, 4.69) is 33.0 Å². The molecule has 1 rings (SSSR count). The zero-order valence-corrected chi connectivity index (χ0v) is 9.42. The van der Waals surface area contributed by atoms with Gasteiger partial charge < -0.3 is 15.3 Å². The summed E-state index contributed by atoms with van der Waals surface area (Å²) in [7, 11) is 0. The van der Waals surface area contributed by atoms with Crippen molar-refractivity contribution in [2.75, 3.05) is 13.1 Å². The topological polar surface area (TPSA) is 52.6 Å². The lowest BCUT2D eigenvalue weighted by atomic mass is 9.96. The van der Waals surface area contributed by atoms with Crippen LogP contribution in [0.15, 0.2) is 0 Å². The third-order valence-electron chi connectivity index (χ3n) is 2.42. The van der Waals surface area contributed by atoms with Crippen LogP contribution in [0.25, 0.3) is 0 Å². The zero-order chi connectivity index (χ0) is 11.0. The van der Waals surface area contributed by atoms with Crippen molar-refractivity contribution in [3.8, 4) is 0 Å². The molecule has 0 unspecified atom stereocenters. The Morgan fingerprint density at radius 2 is 2.07 bits per heavy atom. The first kappa shape index (κ1) is 11.3. The summed E-state index contributed by atoms with van der Waals surface area (Å²) in [5, 5.41) is 12.3. The maximum absolute atomic E-state index is 10.8. The molecule has 1 aliphatic rings. The van der Waals surface area contributed by atoms with E-state index >= 15 is 0 Å². The normalized spacial score (nSPS) is 28.1. The van der Waals surface area contributed by atoms with Gasteiger partial charge in [-0.3, -0.25) is 0 Å². The largest absolute Gasteiger partial charge is 0.465 e. The average Bonchev–Trinajstić information content (AvgIpc) is 2.27. The van der Waals surface area contributed by atoms with Crippen molar-refractivity contribution in [3.63, 3.8) is 0 Å². The number of likely N-dealkylation sites (tertiary alicyclic amines) is 1. The van der Waals surface area contributed by atoms with E-state index in [-0.39, 0.29) is 11.1 Å². The van der Waals surface area contributed by atoms with Gasteiger partial charge in [0.05, 0.1) is 0 Å². The first-order chi connectivity index (χ1) is 6.22. The molecule has 1 atom stereocenters. The third-order valence-corrected chi connectivity index (χ3v) is 2.42. The number of hydrogen-bond donors (Lipinski definition) is 2. The Morgan fingerprint density at radius 3 is 2.43 bits per heavy atom. The molecule has 0 saturated carbocycles. The van der Waals surface area contributed by atoms with Crippen LogP contribution in [0.3, 0.4) is 0 Å². The van der Waals surface area contributed by atoms with Crippen molar-refractivity contribution >= 4 is 6.09 Å². The number of rotatable bonds is 1. The van der Waals surface area contributed by atoms with Gasteiger partial charge >= 0.3 is 6.09 Å². The SMILES string of the molecule is CC(C)(C)N[C@@]1(C)CCN(C(=O)O)C1. The van der Waals surface area contributed by atoms with Crippen LogP contribution in [-0.2, 0) is 0 Å². The van der Waals surface area contributed by atoms with E-state index in [9.17, 15) is 4.79 Å². The Labute approximate surface area is 85.3 Å². The second kappa shape index (κ2) is 3.42. The molecule has 0 aromatic rings. The molecule has 82 valence electrons. The van der Waals surface area contributed by atoms with Gasteiger partial charge in [0.2, 0.25) is 0 Å². The fourth-order valence-electron chi connectivity index (χ4n) is 2.13. The second-order valence-electron chi connectivity index (χ2n) is 5.39. The minimum Gasteiger partial charge on any atom is -0.465 e. The van der Waals surface area contributed by atoms with Gasteiger partial charge in [0.25, 0.3) is 0 Å². The first-order valence-corrected chi connectivity index (χ1v) is 4.99. The van der Waals surface area contributed by atoms with E-state index in [1.54, 1.807) is 0 Å². The highest BCUT2D eigenvalue weighted by Gasteiger charge is 2.38. The molecule has 0 bridgehead atoms. The summed E-state index contributed by atoms with van der Waals surface area (Å²) < 4.78 is 0. The minimum absolute atomic E-state index is 0.0310. The van der Waals surface area contributed by atoms with E-state index in [1.807, 2.05) is 0 Å². The first-order valence-electron chi connectivity index (χ1n) is 4.99. The molecule has 1 fully saturated rings. The monoisotopic (exact) mass is 200 g/mol. The fraction of sp³-hybridized carbons (Fsp3) is 0.900. The summed E-state index contributed by atoms with van der Waals surface area (Å²) in [6.45, 7) is 9.60. The molecule has 4 heteroatoms. The maximum Gasteiger partial charge on any atom is 0.407 e. The van der Waals surface area contributed by atoms with Crippen LogP contribution < -0.4 is 5.32 Å². The summed E-state index contributed by atoms with van der Waals surface area (Å²) in [6, 6.07) is 0. The van der Waals surface area contributed by atoms with Gasteiger partial charge in [0.1, 0.15) is 0 Å². The molecule has 0 aromatic carbocycles. The lowest BCUT2D eigenvalue weighted by Gasteiger charge is -2.34. The number of carbonyl (C=O) groups is 1.